The molecule has 118 valence electrons. The van der Waals surface area contributed by atoms with Crippen LogP contribution in [0.2, 0.25) is 0 Å². The summed E-state index contributed by atoms with van der Waals surface area (Å²) in [6.45, 7) is 4.13. The average Bonchev–Trinajstić information content (AvgIpc) is 3.15. The monoisotopic (exact) mass is 310 g/mol. The van der Waals surface area contributed by atoms with E-state index in [-0.39, 0.29) is 0 Å². The predicted molar refractivity (Wildman–Crippen MR) is 88.3 cm³/mol. The summed E-state index contributed by atoms with van der Waals surface area (Å²) in [5.74, 6) is 2.92. The van der Waals surface area contributed by atoms with Crippen molar-refractivity contribution in [2.45, 2.75) is 26.7 Å². The van der Waals surface area contributed by atoms with Crippen LogP contribution in [0.4, 0.5) is 17.6 Å². The van der Waals surface area contributed by atoms with Gasteiger partial charge >= 0.3 is 0 Å². The average molecular weight is 310 g/mol. The van der Waals surface area contributed by atoms with Crippen molar-refractivity contribution in [3.8, 4) is 0 Å². The molecular weight excluding hydrogens is 292 g/mol. The number of rotatable bonds is 5. The van der Waals surface area contributed by atoms with Gasteiger partial charge in [0.15, 0.2) is 17.3 Å². The fraction of sp³-hybridized carbons (Fsp3) is 0.400. The lowest BCUT2D eigenvalue weighted by molar-refractivity contribution is 0.679. The number of aliphatic imine (C=N–C) groups is 1. The quantitative estimate of drug-likeness (QED) is 0.628. The van der Waals surface area contributed by atoms with Gasteiger partial charge in [-0.3, -0.25) is 5.10 Å². The summed E-state index contributed by atoms with van der Waals surface area (Å²) in [5.41, 5.74) is 2.29. The molecule has 3 aromatic rings. The molecule has 1 unspecified atom stereocenters. The molecule has 0 amide bonds. The zero-order chi connectivity index (χ0) is 15.8. The van der Waals surface area contributed by atoms with Gasteiger partial charge in [0.25, 0.3) is 0 Å². The largest absolute Gasteiger partial charge is 0.340 e. The molecule has 3 N–H and O–H groups in total. The van der Waals surface area contributed by atoms with E-state index in [0.717, 1.165) is 17.1 Å². The molecule has 0 saturated heterocycles. The van der Waals surface area contributed by atoms with E-state index in [0.29, 0.717) is 29.1 Å². The lowest BCUT2D eigenvalue weighted by atomic mass is 10.1. The third-order valence-electron chi connectivity index (χ3n) is 4.01. The number of imidazole rings is 1. The van der Waals surface area contributed by atoms with E-state index in [2.05, 4.69) is 47.4 Å². The van der Waals surface area contributed by atoms with Crippen LogP contribution in [0, 0.1) is 18.8 Å². The zero-order valence-electron chi connectivity index (χ0n) is 13.0. The van der Waals surface area contributed by atoms with Crippen molar-refractivity contribution in [1.29, 1.82) is 0 Å². The van der Waals surface area contributed by atoms with Crippen molar-refractivity contribution in [2.24, 2.45) is 16.8 Å². The minimum absolute atomic E-state index is 0.433. The van der Waals surface area contributed by atoms with Crippen molar-refractivity contribution in [3.05, 3.63) is 18.1 Å². The van der Waals surface area contributed by atoms with Gasteiger partial charge in [0, 0.05) is 18.0 Å². The Balaban J connectivity index is 1.66. The molecule has 1 aliphatic carbocycles. The first-order valence-corrected chi connectivity index (χ1v) is 7.73. The Morgan fingerprint density at radius 3 is 3.00 bits per heavy atom. The minimum Gasteiger partial charge on any atom is -0.340 e. The molecule has 1 atom stereocenters. The minimum atomic E-state index is 0.433. The van der Waals surface area contributed by atoms with Gasteiger partial charge in [-0.25, -0.2) is 9.98 Å². The van der Waals surface area contributed by atoms with Gasteiger partial charge in [-0.05, 0) is 31.6 Å². The summed E-state index contributed by atoms with van der Waals surface area (Å²) >= 11 is 0. The van der Waals surface area contributed by atoms with Gasteiger partial charge in [-0.15, -0.1) is 0 Å². The summed E-state index contributed by atoms with van der Waals surface area (Å²) in [5, 5.41) is 10.1. The van der Waals surface area contributed by atoms with Gasteiger partial charge in [-0.1, -0.05) is 6.92 Å². The number of H-pyrrole nitrogens is 2. The molecule has 8 nitrogen and oxygen atoms in total. The van der Waals surface area contributed by atoms with Crippen molar-refractivity contribution in [2.75, 3.05) is 5.32 Å². The van der Waals surface area contributed by atoms with Crippen LogP contribution in [-0.4, -0.2) is 36.3 Å². The standard InChI is InChI=1S/C15H18N8/c1-8(10-3-4-10)6-16-13-12-14(18-7-17-12)21-15(20-13)19-11-5-9(2)22-23-11/h5-8,10H,3-4H2,1-2H3,(H3,17,18,19,20,21,22,23). The van der Waals surface area contributed by atoms with Crippen LogP contribution in [0.5, 0.6) is 0 Å². The van der Waals surface area contributed by atoms with E-state index in [1.165, 1.54) is 12.8 Å². The number of nitrogens with one attached hydrogen (secondary N) is 3. The van der Waals surface area contributed by atoms with E-state index in [1.54, 1.807) is 6.33 Å². The first-order chi connectivity index (χ1) is 11.2. The number of aromatic nitrogens is 6. The van der Waals surface area contributed by atoms with Gasteiger partial charge in [0.05, 0.1) is 6.33 Å². The molecule has 0 radical (unpaired) electrons. The Kier molecular flexibility index (Phi) is 3.29. The third kappa shape index (κ3) is 2.92. The molecule has 0 aromatic carbocycles. The van der Waals surface area contributed by atoms with Crippen molar-refractivity contribution >= 4 is 35.0 Å². The van der Waals surface area contributed by atoms with Gasteiger partial charge in [0.2, 0.25) is 5.95 Å². The number of anilines is 2. The number of fused-ring (bicyclic) bond motifs is 1. The molecule has 8 heteroatoms. The molecule has 3 aromatic heterocycles. The molecular formula is C15H18N8. The number of nitrogens with zero attached hydrogens (tertiary/aromatic N) is 5. The van der Waals surface area contributed by atoms with Crippen LogP contribution < -0.4 is 5.32 Å². The Morgan fingerprint density at radius 1 is 1.39 bits per heavy atom. The van der Waals surface area contributed by atoms with Crippen molar-refractivity contribution in [1.82, 2.24) is 30.1 Å². The summed E-state index contributed by atoms with van der Waals surface area (Å²) in [7, 11) is 0. The predicted octanol–water partition coefficient (Wildman–Crippen LogP) is 2.88. The fourth-order valence-corrected chi connectivity index (χ4v) is 2.50. The maximum Gasteiger partial charge on any atom is 0.232 e. The third-order valence-corrected chi connectivity index (χ3v) is 4.01. The zero-order valence-corrected chi connectivity index (χ0v) is 13.0. The Bertz CT molecular complexity index is 857. The summed E-state index contributed by atoms with van der Waals surface area (Å²) in [4.78, 5) is 20.7. The Labute approximate surface area is 132 Å². The molecule has 1 fully saturated rings. The highest BCUT2D eigenvalue weighted by atomic mass is 15.2. The summed E-state index contributed by atoms with van der Waals surface area (Å²) in [6.07, 6.45) is 6.16. The lowest BCUT2D eigenvalue weighted by Gasteiger charge is -2.04. The number of aromatic amines is 2. The fourth-order valence-electron chi connectivity index (χ4n) is 2.50. The van der Waals surface area contributed by atoms with Crippen LogP contribution in [0.15, 0.2) is 17.4 Å². The summed E-state index contributed by atoms with van der Waals surface area (Å²) < 4.78 is 0. The molecule has 0 spiro atoms. The van der Waals surface area contributed by atoms with Crippen LogP contribution in [-0.2, 0) is 0 Å². The van der Waals surface area contributed by atoms with E-state index < -0.39 is 0 Å². The topological polar surface area (TPSA) is 108 Å². The van der Waals surface area contributed by atoms with Crippen LogP contribution in [0.3, 0.4) is 0 Å². The molecule has 1 saturated carbocycles. The number of aryl methyl sites for hydroxylation is 1. The van der Waals surface area contributed by atoms with Crippen LogP contribution in [0.1, 0.15) is 25.5 Å². The molecule has 4 rings (SSSR count). The molecule has 0 aliphatic heterocycles. The molecule has 1 aliphatic rings. The van der Waals surface area contributed by atoms with E-state index in [1.807, 2.05) is 19.2 Å². The maximum atomic E-state index is 4.56. The van der Waals surface area contributed by atoms with Gasteiger partial charge in [0.1, 0.15) is 5.52 Å². The van der Waals surface area contributed by atoms with Crippen LogP contribution in [0.25, 0.3) is 11.2 Å². The van der Waals surface area contributed by atoms with E-state index >= 15 is 0 Å². The second kappa shape index (κ2) is 5.45. The maximum absolute atomic E-state index is 4.56. The smallest absolute Gasteiger partial charge is 0.232 e. The SMILES string of the molecule is Cc1cc(Nc2nc(N=CC(C)C3CC3)c3[nH]cnc3n2)n[nH]1. The van der Waals surface area contributed by atoms with Gasteiger partial charge < -0.3 is 10.3 Å². The summed E-state index contributed by atoms with van der Waals surface area (Å²) in [6, 6.07) is 1.89. The Hall–Kier alpha value is -2.77. The highest BCUT2D eigenvalue weighted by molar-refractivity contribution is 5.84. The Morgan fingerprint density at radius 2 is 2.26 bits per heavy atom. The molecule has 0 bridgehead atoms. The second-order valence-corrected chi connectivity index (χ2v) is 6.01. The van der Waals surface area contributed by atoms with Crippen LogP contribution >= 0.6 is 0 Å². The van der Waals surface area contributed by atoms with E-state index in [9.17, 15) is 0 Å². The number of hydrogen-bond donors (Lipinski definition) is 3. The first kappa shape index (κ1) is 13.9. The first-order valence-electron chi connectivity index (χ1n) is 7.73. The van der Waals surface area contributed by atoms with Crippen molar-refractivity contribution in [3.63, 3.8) is 0 Å². The van der Waals surface area contributed by atoms with Crippen molar-refractivity contribution < 1.29 is 0 Å². The lowest BCUT2D eigenvalue weighted by Crippen LogP contribution is -2.00. The highest BCUT2D eigenvalue weighted by Gasteiger charge is 2.26. The van der Waals surface area contributed by atoms with E-state index in [4.69, 9.17) is 0 Å². The second-order valence-electron chi connectivity index (χ2n) is 6.01. The molecule has 23 heavy (non-hydrogen) atoms. The normalized spacial score (nSPS) is 16.3. The number of hydrogen-bond acceptors (Lipinski definition) is 6. The molecule has 3 heterocycles. The van der Waals surface area contributed by atoms with Gasteiger partial charge in [-0.2, -0.15) is 15.1 Å². The highest BCUT2D eigenvalue weighted by Crippen LogP contribution is 2.36.